The molecule has 1 aromatic carbocycles. The molecule has 0 aliphatic carbocycles. The van der Waals surface area contributed by atoms with Gasteiger partial charge in [0.15, 0.2) is 10.9 Å². The number of aryl methyl sites for hydroxylation is 2. The SMILES string of the molecule is Cc1[nH]c2ccccc2c1C(=O)CSc1nnc(C)n1C. The Morgan fingerprint density at radius 1 is 1.29 bits per heavy atom. The van der Waals surface area contributed by atoms with E-state index in [4.69, 9.17) is 0 Å². The molecule has 0 fully saturated rings. The number of thioether (sulfide) groups is 1. The molecular weight excluding hydrogens is 284 g/mol. The predicted octanol–water partition coefficient (Wildman–Crippen LogP) is 2.89. The van der Waals surface area contributed by atoms with E-state index in [0.717, 1.165) is 33.1 Å². The third-order valence-electron chi connectivity index (χ3n) is 3.56. The first-order chi connectivity index (χ1) is 10.1. The number of aromatic amines is 1. The molecule has 0 bridgehead atoms. The predicted molar refractivity (Wildman–Crippen MR) is 83.8 cm³/mol. The zero-order valence-corrected chi connectivity index (χ0v) is 13.0. The van der Waals surface area contributed by atoms with Gasteiger partial charge in [0.25, 0.3) is 0 Å². The lowest BCUT2D eigenvalue weighted by Gasteiger charge is -2.02. The number of ketones is 1. The molecule has 0 saturated carbocycles. The second-order valence-corrected chi connectivity index (χ2v) is 5.91. The second-order valence-electron chi connectivity index (χ2n) is 4.97. The van der Waals surface area contributed by atoms with Crippen LogP contribution in [0, 0.1) is 13.8 Å². The molecule has 0 atom stereocenters. The topological polar surface area (TPSA) is 63.6 Å². The van der Waals surface area contributed by atoms with E-state index in [2.05, 4.69) is 15.2 Å². The highest BCUT2D eigenvalue weighted by atomic mass is 32.2. The lowest BCUT2D eigenvalue weighted by atomic mass is 10.1. The number of rotatable bonds is 4. The number of carbonyl (C=O) groups excluding carboxylic acids is 1. The number of nitrogens with zero attached hydrogens (tertiary/aromatic N) is 3. The number of nitrogens with one attached hydrogen (secondary N) is 1. The largest absolute Gasteiger partial charge is 0.358 e. The van der Waals surface area contributed by atoms with Gasteiger partial charge < -0.3 is 9.55 Å². The minimum atomic E-state index is 0.107. The molecular formula is C15H16N4OS. The van der Waals surface area contributed by atoms with E-state index >= 15 is 0 Å². The first kappa shape index (κ1) is 13.9. The summed E-state index contributed by atoms with van der Waals surface area (Å²) in [7, 11) is 1.90. The summed E-state index contributed by atoms with van der Waals surface area (Å²) >= 11 is 1.42. The number of hydrogen-bond donors (Lipinski definition) is 1. The number of hydrogen-bond acceptors (Lipinski definition) is 4. The fourth-order valence-corrected chi connectivity index (χ4v) is 3.18. The van der Waals surface area contributed by atoms with Crippen molar-refractivity contribution in [1.29, 1.82) is 0 Å². The monoisotopic (exact) mass is 300 g/mol. The van der Waals surface area contributed by atoms with Gasteiger partial charge in [-0.3, -0.25) is 4.79 Å². The Morgan fingerprint density at radius 2 is 2.05 bits per heavy atom. The summed E-state index contributed by atoms with van der Waals surface area (Å²) in [6.07, 6.45) is 0. The van der Waals surface area contributed by atoms with Crippen molar-refractivity contribution in [3.05, 3.63) is 41.3 Å². The molecule has 0 saturated heterocycles. The Bertz CT molecular complexity index is 818. The number of benzene rings is 1. The molecule has 21 heavy (non-hydrogen) atoms. The van der Waals surface area contributed by atoms with Gasteiger partial charge in [-0.05, 0) is 19.9 Å². The Kier molecular flexibility index (Phi) is 3.55. The number of Topliss-reactive ketones (excluding diaryl/α,β-unsaturated/α-hetero) is 1. The van der Waals surface area contributed by atoms with Crippen LogP contribution in [0.2, 0.25) is 0 Å². The number of para-hydroxylation sites is 1. The average Bonchev–Trinajstić information content (AvgIpc) is 2.97. The fourth-order valence-electron chi connectivity index (χ4n) is 2.35. The minimum Gasteiger partial charge on any atom is -0.358 e. The number of H-pyrrole nitrogens is 1. The number of carbonyl (C=O) groups is 1. The van der Waals surface area contributed by atoms with Crippen LogP contribution in [0.25, 0.3) is 10.9 Å². The van der Waals surface area contributed by atoms with Crippen LogP contribution in [0.5, 0.6) is 0 Å². The fraction of sp³-hybridized carbons (Fsp3) is 0.267. The molecule has 108 valence electrons. The number of aromatic nitrogens is 4. The van der Waals surface area contributed by atoms with Gasteiger partial charge in [-0.2, -0.15) is 0 Å². The van der Waals surface area contributed by atoms with Crippen molar-refractivity contribution in [1.82, 2.24) is 19.7 Å². The maximum atomic E-state index is 12.5. The maximum absolute atomic E-state index is 12.5. The van der Waals surface area contributed by atoms with Gasteiger partial charge in [0, 0.05) is 29.2 Å². The Balaban J connectivity index is 1.84. The summed E-state index contributed by atoms with van der Waals surface area (Å²) in [5.74, 6) is 1.30. The third kappa shape index (κ3) is 2.47. The van der Waals surface area contributed by atoms with Crippen LogP contribution < -0.4 is 0 Å². The molecule has 0 amide bonds. The molecule has 1 N–H and O–H groups in total. The highest BCUT2D eigenvalue weighted by Crippen LogP contribution is 2.25. The summed E-state index contributed by atoms with van der Waals surface area (Å²) in [4.78, 5) is 15.8. The first-order valence-electron chi connectivity index (χ1n) is 6.67. The van der Waals surface area contributed by atoms with E-state index in [0.29, 0.717) is 5.75 Å². The van der Waals surface area contributed by atoms with Crippen LogP contribution in [-0.2, 0) is 7.05 Å². The molecule has 0 aliphatic heterocycles. The highest BCUT2D eigenvalue weighted by molar-refractivity contribution is 7.99. The molecule has 3 aromatic rings. The van der Waals surface area contributed by atoms with Crippen LogP contribution in [0.1, 0.15) is 21.9 Å². The van der Waals surface area contributed by atoms with E-state index < -0.39 is 0 Å². The zero-order valence-electron chi connectivity index (χ0n) is 12.2. The Hall–Kier alpha value is -2.08. The summed E-state index contributed by atoms with van der Waals surface area (Å²) in [6, 6.07) is 7.87. The van der Waals surface area contributed by atoms with Crippen LogP contribution >= 0.6 is 11.8 Å². The van der Waals surface area contributed by atoms with E-state index in [1.54, 1.807) is 0 Å². The van der Waals surface area contributed by atoms with Gasteiger partial charge in [-0.1, -0.05) is 30.0 Å². The van der Waals surface area contributed by atoms with E-state index in [1.165, 1.54) is 11.8 Å². The lowest BCUT2D eigenvalue weighted by molar-refractivity contribution is 0.102. The van der Waals surface area contributed by atoms with E-state index in [-0.39, 0.29) is 5.78 Å². The van der Waals surface area contributed by atoms with Gasteiger partial charge in [-0.15, -0.1) is 10.2 Å². The Labute approximate surface area is 126 Å². The maximum Gasteiger partial charge on any atom is 0.191 e. The first-order valence-corrected chi connectivity index (χ1v) is 7.66. The van der Waals surface area contributed by atoms with Crippen LogP contribution in [-0.4, -0.2) is 31.3 Å². The van der Waals surface area contributed by atoms with Crippen molar-refractivity contribution in [2.24, 2.45) is 7.05 Å². The summed E-state index contributed by atoms with van der Waals surface area (Å²) < 4.78 is 1.89. The second kappa shape index (κ2) is 5.37. The molecule has 0 aliphatic rings. The highest BCUT2D eigenvalue weighted by Gasteiger charge is 2.17. The van der Waals surface area contributed by atoms with E-state index in [9.17, 15) is 4.79 Å². The van der Waals surface area contributed by atoms with Crippen molar-refractivity contribution in [2.45, 2.75) is 19.0 Å². The van der Waals surface area contributed by atoms with Gasteiger partial charge in [0.1, 0.15) is 5.82 Å². The zero-order chi connectivity index (χ0) is 15.0. The molecule has 2 aromatic heterocycles. The van der Waals surface area contributed by atoms with Gasteiger partial charge >= 0.3 is 0 Å². The quantitative estimate of drug-likeness (QED) is 0.594. The average molecular weight is 300 g/mol. The smallest absolute Gasteiger partial charge is 0.191 e. The van der Waals surface area contributed by atoms with Crippen molar-refractivity contribution >= 4 is 28.4 Å². The van der Waals surface area contributed by atoms with Crippen molar-refractivity contribution in [3.8, 4) is 0 Å². The minimum absolute atomic E-state index is 0.107. The van der Waals surface area contributed by atoms with Gasteiger partial charge in [0.2, 0.25) is 0 Å². The molecule has 6 heteroatoms. The Morgan fingerprint density at radius 3 is 2.76 bits per heavy atom. The summed E-state index contributed by atoms with van der Waals surface area (Å²) in [6.45, 7) is 3.83. The van der Waals surface area contributed by atoms with E-state index in [1.807, 2.05) is 49.7 Å². The lowest BCUT2D eigenvalue weighted by Crippen LogP contribution is -2.05. The standard InChI is InChI=1S/C15H16N4OS/c1-9-14(11-6-4-5-7-12(11)16-9)13(20)8-21-15-18-17-10(2)19(15)3/h4-7,16H,8H2,1-3H3. The normalized spacial score (nSPS) is 11.2. The molecule has 5 nitrogen and oxygen atoms in total. The van der Waals surface area contributed by atoms with Gasteiger partial charge in [-0.25, -0.2) is 0 Å². The molecule has 0 radical (unpaired) electrons. The molecule has 2 heterocycles. The molecule has 3 rings (SSSR count). The molecule has 0 spiro atoms. The van der Waals surface area contributed by atoms with Crippen molar-refractivity contribution in [3.63, 3.8) is 0 Å². The van der Waals surface area contributed by atoms with Crippen LogP contribution in [0.15, 0.2) is 29.4 Å². The van der Waals surface area contributed by atoms with Gasteiger partial charge in [0.05, 0.1) is 5.75 Å². The van der Waals surface area contributed by atoms with Crippen molar-refractivity contribution in [2.75, 3.05) is 5.75 Å². The third-order valence-corrected chi connectivity index (χ3v) is 4.58. The summed E-state index contributed by atoms with van der Waals surface area (Å²) in [5.41, 5.74) is 2.69. The number of fused-ring (bicyclic) bond motifs is 1. The van der Waals surface area contributed by atoms with Crippen LogP contribution in [0.3, 0.4) is 0 Å². The summed E-state index contributed by atoms with van der Waals surface area (Å²) in [5, 5.41) is 9.81. The van der Waals surface area contributed by atoms with Crippen LogP contribution in [0.4, 0.5) is 0 Å². The van der Waals surface area contributed by atoms with Crippen molar-refractivity contribution < 1.29 is 4.79 Å². The molecule has 0 unspecified atom stereocenters.